The van der Waals surface area contributed by atoms with Gasteiger partial charge in [-0.15, -0.1) is 11.3 Å². The monoisotopic (exact) mass is 437 g/mol. The van der Waals surface area contributed by atoms with Gasteiger partial charge in [-0.1, -0.05) is 41.9 Å². The molecule has 1 aromatic carbocycles. The fraction of sp³-hybridized carbons (Fsp3) is 0.429. The minimum atomic E-state index is -0.495. The van der Waals surface area contributed by atoms with Crippen LogP contribution in [0.2, 0.25) is 4.34 Å². The van der Waals surface area contributed by atoms with E-state index in [9.17, 15) is 9.59 Å². The first-order valence-electron chi connectivity index (χ1n) is 9.72. The van der Waals surface area contributed by atoms with Crippen LogP contribution in [-0.4, -0.2) is 50.3 Å². The van der Waals surface area contributed by atoms with E-state index in [2.05, 4.69) is 5.32 Å². The molecule has 3 rings (SSSR count). The van der Waals surface area contributed by atoms with E-state index >= 15 is 0 Å². The molecule has 1 amide bonds. The predicted octanol–water partition coefficient (Wildman–Crippen LogP) is 2.88. The summed E-state index contributed by atoms with van der Waals surface area (Å²) in [6.45, 7) is 7.84. The molecule has 1 saturated heterocycles. The van der Waals surface area contributed by atoms with E-state index in [-0.39, 0.29) is 24.7 Å². The zero-order chi connectivity index (χ0) is 21.0. The van der Waals surface area contributed by atoms with Crippen molar-refractivity contribution in [1.82, 2.24) is 0 Å². The summed E-state index contributed by atoms with van der Waals surface area (Å²) in [7, 11) is 0. The Morgan fingerprint density at radius 1 is 1.24 bits per heavy atom. The first-order chi connectivity index (χ1) is 13.9. The van der Waals surface area contributed by atoms with Crippen molar-refractivity contribution in [3.05, 3.63) is 40.2 Å². The third-order valence-corrected chi connectivity index (χ3v) is 6.00. The Bertz CT molecular complexity index is 861. The highest BCUT2D eigenvalue weighted by Gasteiger charge is 2.30. The van der Waals surface area contributed by atoms with Gasteiger partial charge in [-0.05, 0) is 26.3 Å². The summed E-state index contributed by atoms with van der Waals surface area (Å²) in [5.74, 6) is -0.657. The number of carbonyl (C=O) groups excluding carboxylic acids is 2. The van der Waals surface area contributed by atoms with Crippen molar-refractivity contribution in [2.45, 2.75) is 33.0 Å². The third-order valence-electron chi connectivity index (χ3n) is 4.69. The molecule has 0 bridgehead atoms. The Kier molecular flexibility index (Phi) is 7.29. The topological polar surface area (TPSA) is 69.1 Å². The van der Waals surface area contributed by atoms with E-state index in [0.29, 0.717) is 27.0 Å². The summed E-state index contributed by atoms with van der Waals surface area (Å²) in [5.41, 5.74) is 1.70. The minimum absolute atomic E-state index is 0.109. The second-order valence-corrected chi connectivity index (χ2v) is 8.80. The Hall–Kier alpha value is -1.93. The summed E-state index contributed by atoms with van der Waals surface area (Å²) in [6.07, 6.45) is 0.218. The zero-order valence-corrected chi connectivity index (χ0v) is 18.4. The molecule has 0 unspecified atom stereocenters. The van der Waals surface area contributed by atoms with Crippen molar-refractivity contribution in [1.29, 1.82) is 0 Å². The van der Waals surface area contributed by atoms with Gasteiger partial charge in [0.2, 0.25) is 0 Å². The highest BCUT2D eigenvalue weighted by molar-refractivity contribution is 7.21. The quantitative estimate of drug-likeness (QED) is 0.682. The number of quaternary nitrogens is 1. The third kappa shape index (κ3) is 5.36. The lowest BCUT2D eigenvalue weighted by Crippen LogP contribution is -3.16. The maximum atomic E-state index is 12.7. The molecular formula is C21H26ClN2O4S+. The fourth-order valence-corrected chi connectivity index (χ4v) is 5.07. The lowest BCUT2D eigenvalue weighted by Gasteiger charge is -2.31. The van der Waals surface area contributed by atoms with E-state index in [1.54, 1.807) is 6.92 Å². The van der Waals surface area contributed by atoms with Crippen LogP contribution in [0.1, 0.15) is 31.1 Å². The van der Waals surface area contributed by atoms with Crippen molar-refractivity contribution in [3.63, 3.8) is 0 Å². The number of esters is 1. The van der Waals surface area contributed by atoms with Crippen LogP contribution in [0.5, 0.6) is 0 Å². The number of carbonyl (C=O) groups is 2. The molecule has 2 heterocycles. The van der Waals surface area contributed by atoms with Gasteiger partial charge in [-0.25, -0.2) is 4.79 Å². The summed E-state index contributed by atoms with van der Waals surface area (Å²) < 4.78 is 11.4. The normalized spacial score (nSPS) is 21.6. The number of anilines is 1. The molecule has 2 N–H and O–H groups in total. The van der Waals surface area contributed by atoms with Crippen molar-refractivity contribution < 1.29 is 24.0 Å². The Balaban J connectivity index is 1.85. The van der Waals surface area contributed by atoms with Crippen LogP contribution in [0.3, 0.4) is 0 Å². The van der Waals surface area contributed by atoms with Crippen LogP contribution in [0.15, 0.2) is 30.3 Å². The molecule has 2 aromatic rings. The van der Waals surface area contributed by atoms with E-state index in [4.69, 9.17) is 21.1 Å². The van der Waals surface area contributed by atoms with E-state index in [1.807, 2.05) is 44.2 Å². The number of benzene rings is 1. The molecule has 1 aromatic heterocycles. The van der Waals surface area contributed by atoms with Crippen LogP contribution in [0.4, 0.5) is 5.00 Å². The molecule has 8 heteroatoms. The van der Waals surface area contributed by atoms with Gasteiger partial charge in [0.05, 0.1) is 6.61 Å². The number of nitrogens with one attached hydrogen (secondary N) is 2. The van der Waals surface area contributed by atoms with Gasteiger partial charge in [-0.2, -0.15) is 0 Å². The first-order valence-corrected chi connectivity index (χ1v) is 10.9. The molecule has 0 spiro atoms. The number of rotatable bonds is 6. The minimum Gasteiger partial charge on any atom is -0.462 e. The van der Waals surface area contributed by atoms with Gasteiger partial charge in [0.25, 0.3) is 5.91 Å². The average Bonchev–Trinajstić information content (AvgIpc) is 2.97. The maximum absolute atomic E-state index is 12.7. The number of hydrogen-bond donors (Lipinski definition) is 2. The summed E-state index contributed by atoms with van der Waals surface area (Å²) in [4.78, 5) is 26.6. The molecule has 0 radical (unpaired) electrons. The number of halogens is 1. The summed E-state index contributed by atoms with van der Waals surface area (Å²) >= 11 is 7.66. The van der Waals surface area contributed by atoms with Crippen LogP contribution in [0.25, 0.3) is 11.1 Å². The molecule has 0 aliphatic carbocycles. The number of morpholine rings is 1. The number of amides is 1. The van der Waals surface area contributed by atoms with Gasteiger partial charge in [0.15, 0.2) is 6.54 Å². The van der Waals surface area contributed by atoms with Gasteiger partial charge in [0.1, 0.15) is 40.2 Å². The highest BCUT2D eigenvalue weighted by atomic mass is 35.5. The fourth-order valence-electron chi connectivity index (χ4n) is 3.68. The van der Waals surface area contributed by atoms with E-state index < -0.39 is 5.97 Å². The lowest BCUT2D eigenvalue weighted by molar-refractivity contribution is -0.907. The smallest absolute Gasteiger partial charge is 0.341 e. The van der Waals surface area contributed by atoms with Crippen molar-refractivity contribution in [2.24, 2.45) is 0 Å². The molecule has 1 aliphatic heterocycles. The molecule has 156 valence electrons. The predicted molar refractivity (Wildman–Crippen MR) is 115 cm³/mol. The number of thiophene rings is 1. The molecule has 1 fully saturated rings. The van der Waals surface area contributed by atoms with Gasteiger partial charge >= 0.3 is 5.97 Å². The maximum Gasteiger partial charge on any atom is 0.341 e. The Labute approximate surface area is 179 Å². The average molecular weight is 438 g/mol. The largest absolute Gasteiger partial charge is 0.462 e. The molecular weight excluding hydrogens is 412 g/mol. The van der Waals surface area contributed by atoms with Gasteiger partial charge in [-0.3, -0.25) is 4.79 Å². The van der Waals surface area contributed by atoms with Gasteiger partial charge < -0.3 is 19.7 Å². The zero-order valence-electron chi connectivity index (χ0n) is 16.8. The molecule has 1 aliphatic rings. The van der Waals surface area contributed by atoms with Crippen LogP contribution in [0, 0.1) is 0 Å². The van der Waals surface area contributed by atoms with Crippen LogP contribution in [-0.2, 0) is 14.3 Å². The lowest BCUT2D eigenvalue weighted by atomic mass is 10.0. The van der Waals surface area contributed by atoms with Crippen molar-refractivity contribution in [3.8, 4) is 11.1 Å². The summed E-state index contributed by atoms with van der Waals surface area (Å²) in [5, 5.41) is 3.31. The summed E-state index contributed by atoms with van der Waals surface area (Å²) in [6, 6.07) is 9.40. The van der Waals surface area contributed by atoms with E-state index in [1.165, 1.54) is 11.3 Å². The first kappa shape index (κ1) is 21.8. The van der Waals surface area contributed by atoms with Crippen molar-refractivity contribution in [2.75, 3.05) is 31.6 Å². The van der Waals surface area contributed by atoms with Gasteiger partial charge in [0, 0.05) is 5.56 Å². The standard InChI is InChI=1S/C21H25ClN2O4S/c1-4-27-21(26)18-17(15-8-6-5-7-9-15)19(22)29-20(18)23-16(25)12-24-10-13(2)28-14(3)11-24/h5-9,13-14H,4,10-12H2,1-3H3,(H,23,25)/p+1/t13-,14-/m1/s1. The van der Waals surface area contributed by atoms with Crippen LogP contribution < -0.4 is 10.2 Å². The number of hydrogen-bond acceptors (Lipinski definition) is 5. The molecule has 6 nitrogen and oxygen atoms in total. The Morgan fingerprint density at radius 2 is 1.90 bits per heavy atom. The highest BCUT2D eigenvalue weighted by Crippen LogP contribution is 2.43. The number of ether oxygens (including phenoxy) is 2. The molecule has 2 atom stereocenters. The molecule has 0 saturated carbocycles. The van der Waals surface area contributed by atoms with Crippen LogP contribution >= 0.6 is 22.9 Å². The van der Waals surface area contributed by atoms with Crippen molar-refractivity contribution >= 4 is 39.8 Å². The second-order valence-electron chi connectivity index (χ2n) is 7.18. The SMILES string of the molecule is CCOC(=O)c1c(NC(=O)C[NH+]2C[C@@H](C)O[C@H](C)C2)sc(Cl)c1-c1ccccc1. The molecule has 29 heavy (non-hydrogen) atoms. The Morgan fingerprint density at radius 3 is 2.52 bits per heavy atom. The second kappa shape index (κ2) is 9.71. The van der Waals surface area contributed by atoms with E-state index in [0.717, 1.165) is 23.6 Å².